The Bertz CT molecular complexity index is 289. The molecule has 0 spiro atoms. The van der Waals surface area contributed by atoms with Crippen LogP contribution >= 0.6 is 0 Å². The SMILES string of the molecule is CC1CCC(OCC(O)CNCCC(=O)NC(C)C)CC1. The van der Waals surface area contributed by atoms with Crippen LogP contribution in [-0.2, 0) is 9.53 Å². The lowest BCUT2D eigenvalue weighted by molar-refractivity contribution is -0.121. The Morgan fingerprint density at radius 1 is 1.29 bits per heavy atom. The molecule has 0 heterocycles. The first-order valence-electron chi connectivity index (χ1n) is 8.27. The van der Waals surface area contributed by atoms with Crippen molar-refractivity contribution in [2.24, 2.45) is 5.92 Å². The first-order valence-corrected chi connectivity index (χ1v) is 8.27. The van der Waals surface area contributed by atoms with E-state index in [1.165, 1.54) is 12.8 Å². The molecule has 1 rings (SSSR count). The second-order valence-corrected chi connectivity index (χ2v) is 6.55. The first kappa shape index (κ1) is 18.4. The standard InChI is InChI=1S/C16H32N2O3/c1-12(2)18-16(20)8-9-17-10-14(19)11-21-15-6-4-13(3)5-7-15/h12-15,17,19H,4-11H2,1-3H3,(H,18,20). The highest BCUT2D eigenvalue weighted by atomic mass is 16.5. The molecule has 0 saturated heterocycles. The fourth-order valence-electron chi connectivity index (χ4n) is 2.57. The number of carbonyl (C=O) groups is 1. The van der Waals surface area contributed by atoms with Crippen molar-refractivity contribution in [2.75, 3.05) is 19.7 Å². The van der Waals surface area contributed by atoms with Gasteiger partial charge in [0.1, 0.15) is 0 Å². The van der Waals surface area contributed by atoms with Gasteiger partial charge >= 0.3 is 0 Å². The summed E-state index contributed by atoms with van der Waals surface area (Å²) in [5.74, 6) is 0.855. The number of aliphatic hydroxyl groups excluding tert-OH is 1. The normalized spacial score (nSPS) is 24.0. The van der Waals surface area contributed by atoms with Crippen molar-refractivity contribution in [3.8, 4) is 0 Å². The third-order valence-electron chi connectivity index (χ3n) is 3.85. The van der Waals surface area contributed by atoms with Gasteiger partial charge in [-0.05, 0) is 45.4 Å². The van der Waals surface area contributed by atoms with Crippen LogP contribution in [0.15, 0.2) is 0 Å². The van der Waals surface area contributed by atoms with Gasteiger partial charge in [-0.25, -0.2) is 0 Å². The lowest BCUT2D eigenvalue weighted by Gasteiger charge is -2.27. The maximum Gasteiger partial charge on any atom is 0.221 e. The lowest BCUT2D eigenvalue weighted by atomic mass is 9.89. The first-order chi connectivity index (χ1) is 9.97. The molecule has 1 atom stereocenters. The highest BCUT2D eigenvalue weighted by molar-refractivity contribution is 5.76. The van der Waals surface area contributed by atoms with E-state index in [4.69, 9.17) is 4.74 Å². The van der Waals surface area contributed by atoms with Crippen LogP contribution < -0.4 is 10.6 Å². The van der Waals surface area contributed by atoms with E-state index in [2.05, 4.69) is 17.6 Å². The Balaban J connectivity index is 1.98. The molecule has 5 nitrogen and oxygen atoms in total. The van der Waals surface area contributed by atoms with Gasteiger partial charge in [0.05, 0.1) is 18.8 Å². The summed E-state index contributed by atoms with van der Waals surface area (Å²) in [7, 11) is 0. The third-order valence-corrected chi connectivity index (χ3v) is 3.85. The molecule has 0 radical (unpaired) electrons. The van der Waals surface area contributed by atoms with Gasteiger partial charge in [-0.15, -0.1) is 0 Å². The number of ether oxygens (including phenoxy) is 1. The number of amides is 1. The molecular formula is C16H32N2O3. The molecular weight excluding hydrogens is 268 g/mol. The van der Waals surface area contributed by atoms with Gasteiger partial charge in [-0.3, -0.25) is 4.79 Å². The molecule has 21 heavy (non-hydrogen) atoms. The molecule has 1 amide bonds. The van der Waals surface area contributed by atoms with Gasteiger partial charge in [0, 0.05) is 25.6 Å². The number of hydrogen-bond acceptors (Lipinski definition) is 4. The average Bonchev–Trinajstić information content (AvgIpc) is 2.42. The molecule has 5 heteroatoms. The number of nitrogens with one attached hydrogen (secondary N) is 2. The van der Waals surface area contributed by atoms with Gasteiger partial charge in [-0.1, -0.05) is 6.92 Å². The molecule has 1 aliphatic carbocycles. The van der Waals surface area contributed by atoms with Crippen LogP contribution in [0.5, 0.6) is 0 Å². The summed E-state index contributed by atoms with van der Waals surface area (Å²) >= 11 is 0. The molecule has 0 aromatic heterocycles. The van der Waals surface area contributed by atoms with Crippen LogP contribution in [0.4, 0.5) is 0 Å². The Labute approximate surface area is 128 Å². The van der Waals surface area contributed by atoms with E-state index in [1.807, 2.05) is 13.8 Å². The molecule has 3 N–H and O–H groups in total. The second-order valence-electron chi connectivity index (χ2n) is 6.55. The zero-order valence-electron chi connectivity index (χ0n) is 13.7. The maximum atomic E-state index is 11.4. The van der Waals surface area contributed by atoms with Crippen LogP contribution in [0.2, 0.25) is 0 Å². The largest absolute Gasteiger partial charge is 0.389 e. The highest BCUT2D eigenvalue weighted by Gasteiger charge is 2.19. The fourth-order valence-corrected chi connectivity index (χ4v) is 2.57. The number of rotatable bonds is 9. The lowest BCUT2D eigenvalue weighted by Crippen LogP contribution is -2.36. The van der Waals surface area contributed by atoms with Crippen molar-refractivity contribution >= 4 is 5.91 Å². The molecule has 0 aromatic carbocycles. The Morgan fingerprint density at radius 2 is 1.95 bits per heavy atom. The summed E-state index contributed by atoms with van der Waals surface area (Å²) in [5.41, 5.74) is 0. The van der Waals surface area contributed by atoms with E-state index >= 15 is 0 Å². The van der Waals surface area contributed by atoms with Gasteiger partial charge in [0.2, 0.25) is 5.91 Å². The molecule has 1 fully saturated rings. The number of hydrogen-bond donors (Lipinski definition) is 3. The van der Waals surface area contributed by atoms with E-state index in [9.17, 15) is 9.90 Å². The van der Waals surface area contributed by atoms with Crippen molar-refractivity contribution in [1.29, 1.82) is 0 Å². The summed E-state index contributed by atoms with van der Waals surface area (Å²) in [6, 6.07) is 0.176. The fraction of sp³-hybridized carbons (Fsp3) is 0.938. The zero-order chi connectivity index (χ0) is 15.7. The van der Waals surface area contributed by atoms with Crippen molar-refractivity contribution in [3.05, 3.63) is 0 Å². The van der Waals surface area contributed by atoms with Crippen molar-refractivity contribution in [3.63, 3.8) is 0 Å². The van der Waals surface area contributed by atoms with Gasteiger partial charge in [0.15, 0.2) is 0 Å². The number of carbonyl (C=O) groups excluding carboxylic acids is 1. The topological polar surface area (TPSA) is 70.6 Å². The van der Waals surface area contributed by atoms with Gasteiger partial charge in [0.25, 0.3) is 0 Å². The molecule has 0 bridgehead atoms. The predicted octanol–water partition coefficient (Wildman–Crippen LogP) is 1.45. The van der Waals surface area contributed by atoms with E-state index in [0.29, 0.717) is 32.2 Å². The Hall–Kier alpha value is -0.650. The van der Waals surface area contributed by atoms with Crippen LogP contribution in [0.3, 0.4) is 0 Å². The molecule has 0 aromatic rings. The smallest absolute Gasteiger partial charge is 0.221 e. The molecule has 1 saturated carbocycles. The minimum atomic E-state index is -0.502. The van der Waals surface area contributed by atoms with Gasteiger partial charge < -0.3 is 20.5 Å². The maximum absolute atomic E-state index is 11.4. The highest BCUT2D eigenvalue weighted by Crippen LogP contribution is 2.25. The Morgan fingerprint density at radius 3 is 2.57 bits per heavy atom. The minimum Gasteiger partial charge on any atom is -0.389 e. The van der Waals surface area contributed by atoms with Crippen LogP contribution in [0.1, 0.15) is 52.9 Å². The second kappa shape index (κ2) is 10.1. The Kier molecular flexibility index (Phi) is 8.88. The summed E-state index contributed by atoms with van der Waals surface area (Å²) in [6.45, 7) is 7.60. The van der Waals surface area contributed by atoms with E-state index in [1.54, 1.807) is 0 Å². The van der Waals surface area contributed by atoms with E-state index in [0.717, 1.165) is 18.8 Å². The van der Waals surface area contributed by atoms with E-state index < -0.39 is 6.10 Å². The predicted molar refractivity (Wildman–Crippen MR) is 84.1 cm³/mol. The monoisotopic (exact) mass is 300 g/mol. The summed E-state index contributed by atoms with van der Waals surface area (Å²) in [4.78, 5) is 11.4. The van der Waals surface area contributed by atoms with Crippen molar-refractivity contribution < 1.29 is 14.6 Å². The summed E-state index contributed by atoms with van der Waals surface area (Å²) < 4.78 is 5.75. The average molecular weight is 300 g/mol. The molecule has 0 aliphatic heterocycles. The minimum absolute atomic E-state index is 0.0413. The summed E-state index contributed by atoms with van der Waals surface area (Å²) in [5, 5.41) is 15.8. The van der Waals surface area contributed by atoms with Gasteiger partial charge in [-0.2, -0.15) is 0 Å². The molecule has 124 valence electrons. The van der Waals surface area contributed by atoms with Crippen LogP contribution in [0.25, 0.3) is 0 Å². The van der Waals surface area contributed by atoms with Crippen LogP contribution in [-0.4, -0.2) is 49.0 Å². The quantitative estimate of drug-likeness (QED) is 0.564. The molecule has 1 aliphatic rings. The number of aliphatic hydroxyl groups is 1. The van der Waals surface area contributed by atoms with Crippen LogP contribution in [0, 0.1) is 5.92 Å². The third kappa shape index (κ3) is 9.06. The van der Waals surface area contributed by atoms with E-state index in [-0.39, 0.29) is 11.9 Å². The molecule has 1 unspecified atom stereocenters. The van der Waals surface area contributed by atoms with Crippen molar-refractivity contribution in [2.45, 2.75) is 71.1 Å². The summed E-state index contributed by atoms with van der Waals surface area (Å²) in [6.07, 6.45) is 4.92. The van der Waals surface area contributed by atoms with Crippen molar-refractivity contribution in [1.82, 2.24) is 10.6 Å². The zero-order valence-corrected chi connectivity index (χ0v) is 13.7.